The van der Waals surface area contributed by atoms with Crippen molar-refractivity contribution in [1.29, 1.82) is 0 Å². The quantitative estimate of drug-likeness (QED) is 0.787. The van der Waals surface area contributed by atoms with Crippen molar-refractivity contribution in [3.63, 3.8) is 0 Å². The van der Waals surface area contributed by atoms with E-state index in [-0.39, 0.29) is 6.10 Å². The highest BCUT2D eigenvalue weighted by Gasteiger charge is 2.17. The van der Waals surface area contributed by atoms with Crippen LogP contribution in [-0.4, -0.2) is 42.4 Å². The highest BCUT2D eigenvalue weighted by atomic mass is 32.1. The van der Waals surface area contributed by atoms with Crippen molar-refractivity contribution in [2.75, 3.05) is 31.7 Å². The first-order chi connectivity index (χ1) is 11.8. The molecule has 3 aromatic rings. The van der Waals surface area contributed by atoms with Crippen molar-refractivity contribution in [2.45, 2.75) is 13.0 Å². The number of benzene rings is 1. The average molecular weight is 341 g/mol. The Kier molecular flexibility index (Phi) is 4.42. The minimum atomic E-state index is 0.0582. The maximum atomic E-state index is 5.71. The van der Waals surface area contributed by atoms with E-state index >= 15 is 0 Å². The topological polar surface area (TPSA) is 56.3 Å². The Hall–Kier alpha value is -2.02. The lowest BCUT2D eigenvalue weighted by Crippen LogP contribution is -2.34. The lowest BCUT2D eigenvalue weighted by Gasteiger charge is -2.23. The zero-order chi connectivity index (χ0) is 16.4. The minimum absolute atomic E-state index is 0.0582. The molecule has 1 N–H and O–H groups in total. The van der Waals surface area contributed by atoms with E-state index in [1.54, 1.807) is 11.3 Å². The molecular weight excluding hydrogens is 322 g/mol. The second kappa shape index (κ2) is 6.84. The van der Waals surface area contributed by atoms with Gasteiger partial charge in [0.25, 0.3) is 0 Å². The molecule has 1 atom stereocenters. The van der Waals surface area contributed by atoms with Crippen molar-refractivity contribution in [2.24, 2.45) is 0 Å². The molecule has 3 heterocycles. The van der Waals surface area contributed by atoms with E-state index in [9.17, 15) is 0 Å². The molecule has 1 unspecified atom stereocenters. The molecule has 1 aliphatic rings. The summed E-state index contributed by atoms with van der Waals surface area (Å²) in [6.07, 6.45) is 0.0582. The Balaban J connectivity index is 1.69. The molecule has 0 saturated carbocycles. The van der Waals surface area contributed by atoms with Crippen LogP contribution in [0.3, 0.4) is 0 Å². The number of rotatable bonds is 4. The standard InChI is InChI=1S/C18H19N3O2S/c1-12-20-17(19-9-14-10-22-7-8-23-14)16-15(11-24-18(16)21-12)13-5-3-2-4-6-13/h2-6,11,14H,7-10H2,1H3,(H,19,20,21). The normalized spacial score (nSPS) is 18.0. The maximum Gasteiger partial charge on any atom is 0.139 e. The second-order valence-electron chi connectivity index (χ2n) is 5.76. The van der Waals surface area contributed by atoms with E-state index in [1.807, 2.05) is 25.1 Å². The summed E-state index contributed by atoms with van der Waals surface area (Å²) < 4.78 is 11.2. The summed E-state index contributed by atoms with van der Waals surface area (Å²) in [5, 5.41) is 6.67. The molecule has 0 radical (unpaired) electrons. The molecule has 24 heavy (non-hydrogen) atoms. The number of hydrogen-bond acceptors (Lipinski definition) is 6. The third-order valence-corrected chi connectivity index (χ3v) is 4.88. The first-order valence-electron chi connectivity index (χ1n) is 8.06. The van der Waals surface area contributed by atoms with Gasteiger partial charge in [0, 0.05) is 17.5 Å². The molecule has 6 heteroatoms. The second-order valence-corrected chi connectivity index (χ2v) is 6.62. The van der Waals surface area contributed by atoms with Crippen LogP contribution < -0.4 is 5.32 Å². The predicted molar refractivity (Wildman–Crippen MR) is 96.6 cm³/mol. The number of nitrogens with zero attached hydrogens (tertiary/aromatic N) is 2. The molecule has 1 aromatic carbocycles. The first-order valence-corrected chi connectivity index (χ1v) is 8.94. The van der Waals surface area contributed by atoms with Crippen LogP contribution in [0.4, 0.5) is 5.82 Å². The Morgan fingerprint density at radius 1 is 1.21 bits per heavy atom. The van der Waals surface area contributed by atoms with E-state index < -0.39 is 0 Å². The van der Waals surface area contributed by atoms with Crippen LogP contribution in [0.25, 0.3) is 21.3 Å². The van der Waals surface area contributed by atoms with Gasteiger partial charge in [0.05, 0.1) is 31.3 Å². The van der Waals surface area contributed by atoms with Crippen molar-refractivity contribution in [1.82, 2.24) is 9.97 Å². The molecule has 0 aliphatic carbocycles. The van der Waals surface area contributed by atoms with E-state index in [2.05, 4.69) is 32.8 Å². The van der Waals surface area contributed by atoms with Gasteiger partial charge in [0.2, 0.25) is 0 Å². The van der Waals surface area contributed by atoms with E-state index in [0.717, 1.165) is 21.9 Å². The van der Waals surface area contributed by atoms with Gasteiger partial charge in [-0.25, -0.2) is 9.97 Å². The summed E-state index contributed by atoms with van der Waals surface area (Å²) in [5.74, 6) is 1.64. The Bertz CT molecular complexity index is 829. The lowest BCUT2D eigenvalue weighted by molar-refractivity contribution is -0.0819. The highest BCUT2D eigenvalue weighted by molar-refractivity contribution is 7.17. The summed E-state index contributed by atoms with van der Waals surface area (Å²) >= 11 is 1.65. The summed E-state index contributed by atoms with van der Waals surface area (Å²) in [4.78, 5) is 10.2. The van der Waals surface area contributed by atoms with Gasteiger partial charge in [-0.15, -0.1) is 11.3 Å². The first kappa shape index (κ1) is 15.5. The zero-order valence-electron chi connectivity index (χ0n) is 13.5. The number of ether oxygens (including phenoxy) is 2. The number of anilines is 1. The summed E-state index contributed by atoms with van der Waals surface area (Å²) in [6.45, 7) is 4.55. The fraction of sp³-hybridized carbons (Fsp3) is 0.333. The fourth-order valence-electron chi connectivity index (χ4n) is 2.87. The van der Waals surface area contributed by atoms with Crippen molar-refractivity contribution >= 4 is 27.4 Å². The number of fused-ring (bicyclic) bond motifs is 1. The SMILES string of the molecule is Cc1nc(NCC2COCCO2)c2c(-c3ccccc3)csc2n1. The number of aromatic nitrogens is 2. The van der Waals surface area contributed by atoms with E-state index in [0.29, 0.717) is 26.4 Å². The van der Waals surface area contributed by atoms with Crippen LogP contribution in [0.15, 0.2) is 35.7 Å². The molecule has 0 amide bonds. The van der Waals surface area contributed by atoms with Crippen LogP contribution in [0.1, 0.15) is 5.82 Å². The van der Waals surface area contributed by atoms with Gasteiger partial charge in [0.1, 0.15) is 16.5 Å². The molecule has 2 aromatic heterocycles. The van der Waals surface area contributed by atoms with Gasteiger partial charge in [-0.1, -0.05) is 30.3 Å². The number of nitrogens with one attached hydrogen (secondary N) is 1. The van der Waals surface area contributed by atoms with Gasteiger partial charge < -0.3 is 14.8 Å². The van der Waals surface area contributed by atoms with E-state index in [4.69, 9.17) is 9.47 Å². The van der Waals surface area contributed by atoms with Crippen molar-refractivity contribution < 1.29 is 9.47 Å². The molecule has 5 nitrogen and oxygen atoms in total. The van der Waals surface area contributed by atoms with Gasteiger partial charge in [-0.05, 0) is 12.5 Å². The van der Waals surface area contributed by atoms with Crippen LogP contribution in [0.2, 0.25) is 0 Å². The largest absolute Gasteiger partial charge is 0.376 e. The molecule has 4 rings (SSSR count). The molecule has 1 fully saturated rings. The van der Waals surface area contributed by atoms with Crippen LogP contribution in [0, 0.1) is 6.92 Å². The molecule has 0 bridgehead atoms. The third-order valence-electron chi connectivity index (χ3n) is 4.01. The molecule has 0 spiro atoms. The highest BCUT2D eigenvalue weighted by Crippen LogP contribution is 2.36. The molecule has 1 saturated heterocycles. The van der Waals surface area contributed by atoms with Gasteiger partial charge >= 0.3 is 0 Å². The lowest BCUT2D eigenvalue weighted by atomic mass is 10.1. The van der Waals surface area contributed by atoms with Crippen LogP contribution >= 0.6 is 11.3 Å². The zero-order valence-corrected chi connectivity index (χ0v) is 14.3. The smallest absolute Gasteiger partial charge is 0.139 e. The third kappa shape index (κ3) is 3.13. The summed E-state index contributed by atoms with van der Waals surface area (Å²) in [7, 11) is 0. The molecular formula is C18H19N3O2S. The minimum Gasteiger partial charge on any atom is -0.376 e. The van der Waals surface area contributed by atoms with Gasteiger partial charge in [-0.2, -0.15) is 0 Å². The van der Waals surface area contributed by atoms with Crippen LogP contribution in [0.5, 0.6) is 0 Å². The van der Waals surface area contributed by atoms with Crippen LogP contribution in [-0.2, 0) is 9.47 Å². The Morgan fingerprint density at radius 3 is 2.88 bits per heavy atom. The Labute approximate surface area is 144 Å². The molecule has 124 valence electrons. The maximum absolute atomic E-state index is 5.71. The van der Waals surface area contributed by atoms with Gasteiger partial charge in [0.15, 0.2) is 0 Å². The average Bonchev–Trinajstić information content (AvgIpc) is 3.05. The van der Waals surface area contributed by atoms with Crippen molar-refractivity contribution in [3.05, 3.63) is 41.5 Å². The number of hydrogen-bond donors (Lipinski definition) is 1. The molecule has 1 aliphatic heterocycles. The number of thiophene rings is 1. The van der Waals surface area contributed by atoms with E-state index in [1.165, 1.54) is 11.1 Å². The van der Waals surface area contributed by atoms with Gasteiger partial charge in [-0.3, -0.25) is 0 Å². The number of aryl methyl sites for hydroxylation is 1. The summed E-state index contributed by atoms with van der Waals surface area (Å²) in [5.41, 5.74) is 2.34. The predicted octanol–water partition coefficient (Wildman–Crippen LogP) is 3.49. The monoisotopic (exact) mass is 341 g/mol. The fourth-order valence-corrected chi connectivity index (χ4v) is 3.86. The summed E-state index contributed by atoms with van der Waals surface area (Å²) in [6, 6.07) is 10.4. The Morgan fingerprint density at radius 2 is 2.08 bits per heavy atom. The van der Waals surface area contributed by atoms with Crippen molar-refractivity contribution in [3.8, 4) is 11.1 Å².